The molecule has 0 saturated carbocycles. The number of anilines is 2. The van der Waals surface area contributed by atoms with Crippen molar-refractivity contribution in [2.45, 2.75) is 25.9 Å². The van der Waals surface area contributed by atoms with Crippen LogP contribution in [0.4, 0.5) is 15.8 Å². The molecule has 1 fully saturated rings. The summed E-state index contributed by atoms with van der Waals surface area (Å²) in [6.07, 6.45) is 3.16. The Morgan fingerprint density at radius 2 is 1.97 bits per heavy atom. The molecule has 5 rings (SSSR count). The van der Waals surface area contributed by atoms with Gasteiger partial charge in [0.05, 0.1) is 16.6 Å². The van der Waals surface area contributed by atoms with Gasteiger partial charge in [-0.05, 0) is 44.2 Å². The van der Waals surface area contributed by atoms with Gasteiger partial charge in [0.15, 0.2) is 5.82 Å². The lowest BCUT2D eigenvalue weighted by Crippen LogP contribution is -2.54. The number of nitrogens with zero attached hydrogens (tertiary/aromatic N) is 5. The number of hydrogen-bond acceptors (Lipinski definition) is 6. The monoisotopic (exact) mass is 457 g/mol. The first-order valence-corrected chi connectivity index (χ1v) is 11.1. The first-order chi connectivity index (χ1) is 16.3. The van der Waals surface area contributed by atoms with Crippen LogP contribution in [0.2, 0.25) is 0 Å². The average molecular weight is 458 g/mol. The van der Waals surface area contributed by atoms with Crippen molar-refractivity contribution in [3.05, 3.63) is 59.7 Å². The summed E-state index contributed by atoms with van der Waals surface area (Å²) in [5, 5.41) is 21.2. The van der Waals surface area contributed by atoms with Crippen molar-refractivity contribution in [2.75, 3.05) is 23.3 Å². The maximum atomic E-state index is 14.5. The van der Waals surface area contributed by atoms with Gasteiger partial charge in [0.2, 0.25) is 0 Å². The van der Waals surface area contributed by atoms with E-state index in [2.05, 4.69) is 45.5 Å². The number of amides is 1. The molecule has 4 aromatic rings. The van der Waals surface area contributed by atoms with Crippen LogP contribution in [0.1, 0.15) is 29.8 Å². The first kappa shape index (κ1) is 21.8. The number of hydrogen-bond donors (Lipinski definition) is 2. The van der Waals surface area contributed by atoms with Crippen LogP contribution >= 0.6 is 0 Å². The summed E-state index contributed by atoms with van der Waals surface area (Å²) in [6.45, 7) is 5.85. The minimum atomic E-state index is -0.507. The van der Waals surface area contributed by atoms with Crippen LogP contribution in [-0.4, -0.2) is 45.8 Å². The molecule has 8 nitrogen and oxygen atoms in total. The standard InChI is InChI=1S/C25H24FN7O/c1-14-11-33(12-15(2)29-14)22-5-4-19(24-20(22)6-16(9-27)10-28-24)25(34)30-18-7-17-13-32(3)31-23(17)21(26)8-18/h4-8,10,13-15,29H,11-12H2,1-3H3,(H,30,34)/t14-,15+. The molecule has 0 spiro atoms. The van der Waals surface area contributed by atoms with E-state index < -0.39 is 11.7 Å². The number of aromatic nitrogens is 3. The molecular weight excluding hydrogens is 433 g/mol. The summed E-state index contributed by atoms with van der Waals surface area (Å²) in [5.74, 6) is -0.911. The van der Waals surface area contributed by atoms with E-state index in [1.165, 1.54) is 16.9 Å². The van der Waals surface area contributed by atoms with E-state index in [4.69, 9.17) is 0 Å². The lowest BCUT2D eigenvalue weighted by atomic mass is 10.0. The molecule has 2 atom stereocenters. The zero-order valence-corrected chi connectivity index (χ0v) is 19.1. The van der Waals surface area contributed by atoms with Gasteiger partial charge in [-0.1, -0.05) is 0 Å². The Balaban J connectivity index is 1.55. The van der Waals surface area contributed by atoms with E-state index in [1.807, 2.05) is 6.07 Å². The molecule has 0 aliphatic carbocycles. The zero-order chi connectivity index (χ0) is 24.0. The summed E-state index contributed by atoms with van der Waals surface area (Å²) in [7, 11) is 1.71. The maximum absolute atomic E-state index is 14.5. The Hall–Kier alpha value is -4.03. The predicted octanol–water partition coefficient (Wildman–Crippen LogP) is 3.57. The fourth-order valence-corrected chi connectivity index (χ4v) is 4.73. The Morgan fingerprint density at radius 1 is 1.21 bits per heavy atom. The SMILES string of the molecule is C[C@@H]1CN(c2ccc(C(=O)Nc3cc(F)c4nn(C)cc4c3)c3ncc(C#N)cc23)C[C@H](C)N1. The molecule has 1 saturated heterocycles. The van der Waals surface area contributed by atoms with E-state index >= 15 is 0 Å². The highest BCUT2D eigenvalue weighted by molar-refractivity contribution is 6.14. The Bertz CT molecular complexity index is 1460. The third kappa shape index (κ3) is 3.93. The van der Waals surface area contributed by atoms with Crippen molar-refractivity contribution >= 4 is 39.1 Å². The summed E-state index contributed by atoms with van der Waals surface area (Å²) in [4.78, 5) is 20.0. The van der Waals surface area contributed by atoms with Crippen molar-refractivity contribution < 1.29 is 9.18 Å². The van der Waals surface area contributed by atoms with E-state index in [0.29, 0.717) is 39.8 Å². The molecule has 0 bridgehead atoms. The molecule has 2 aromatic heterocycles. The van der Waals surface area contributed by atoms with Crippen LogP contribution in [0.3, 0.4) is 0 Å². The molecule has 1 aliphatic heterocycles. The molecule has 172 valence electrons. The molecule has 1 aliphatic rings. The number of benzene rings is 2. The number of aryl methyl sites for hydroxylation is 1. The summed E-state index contributed by atoms with van der Waals surface area (Å²) in [6, 6.07) is 11.1. The van der Waals surface area contributed by atoms with Gasteiger partial charge >= 0.3 is 0 Å². The van der Waals surface area contributed by atoms with Gasteiger partial charge in [0.25, 0.3) is 5.91 Å². The van der Waals surface area contributed by atoms with Crippen LogP contribution in [0, 0.1) is 17.1 Å². The van der Waals surface area contributed by atoms with E-state index in [9.17, 15) is 14.4 Å². The van der Waals surface area contributed by atoms with Gasteiger partial charge in [-0.3, -0.25) is 14.5 Å². The number of pyridine rings is 1. The fraction of sp³-hybridized carbons (Fsp3) is 0.280. The topological polar surface area (TPSA) is 98.9 Å². The lowest BCUT2D eigenvalue weighted by molar-refractivity contribution is 0.102. The molecule has 1 amide bonds. The van der Waals surface area contributed by atoms with Gasteiger partial charge in [-0.15, -0.1) is 0 Å². The van der Waals surface area contributed by atoms with Gasteiger partial charge in [-0.25, -0.2) is 4.39 Å². The number of nitriles is 1. The van der Waals surface area contributed by atoms with Crippen LogP contribution in [0.25, 0.3) is 21.8 Å². The minimum absolute atomic E-state index is 0.250. The molecule has 9 heteroatoms. The van der Waals surface area contributed by atoms with Crippen LogP contribution in [0.15, 0.2) is 42.7 Å². The average Bonchev–Trinajstić information content (AvgIpc) is 3.18. The number of fused-ring (bicyclic) bond motifs is 2. The molecule has 3 heterocycles. The summed E-state index contributed by atoms with van der Waals surface area (Å²) < 4.78 is 16.0. The molecule has 34 heavy (non-hydrogen) atoms. The molecule has 2 N–H and O–H groups in total. The number of carbonyl (C=O) groups excluding carboxylic acids is 1. The second-order valence-corrected chi connectivity index (χ2v) is 8.89. The molecular formula is C25H24FN7O. The van der Waals surface area contributed by atoms with Crippen molar-refractivity contribution in [3.8, 4) is 6.07 Å². The molecule has 0 radical (unpaired) electrons. The quantitative estimate of drug-likeness (QED) is 0.488. The highest BCUT2D eigenvalue weighted by Gasteiger charge is 2.24. The second-order valence-electron chi connectivity index (χ2n) is 8.89. The number of piperazine rings is 1. The second kappa shape index (κ2) is 8.39. The van der Waals surface area contributed by atoms with Gasteiger partial charge in [0, 0.05) is 66.8 Å². The van der Waals surface area contributed by atoms with Crippen molar-refractivity contribution in [3.63, 3.8) is 0 Å². The maximum Gasteiger partial charge on any atom is 0.257 e. The van der Waals surface area contributed by atoms with E-state index in [1.54, 1.807) is 31.4 Å². The van der Waals surface area contributed by atoms with Gasteiger partial charge in [0.1, 0.15) is 11.6 Å². The smallest absolute Gasteiger partial charge is 0.257 e. The van der Waals surface area contributed by atoms with Gasteiger partial charge in [-0.2, -0.15) is 10.4 Å². The zero-order valence-electron chi connectivity index (χ0n) is 19.1. The number of carbonyl (C=O) groups is 1. The van der Waals surface area contributed by atoms with Crippen LogP contribution < -0.4 is 15.5 Å². The van der Waals surface area contributed by atoms with Crippen LogP contribution in [-0.2, 0) is 7.05 Å². The van der Waals surface area contributed by atoms with E-state index in [-0.39, 0.29) is 5.52 Å². The third-order valence-corrected chi connectivity index (χ3v) is 6.03. The van der Waals surface area contributed by atoms with Crippen molar-refractivity contribution in [1.82, 2.24) is 20.1 Å². The van der Waals surface area contributed by atoms with Crippen LogP contribution in [0.5, 0.6) is 0 Å². The normalized spacial score (nSPS) is 18.3. The molecule has 0 unspecified atom stereocenters. The minimum Gasteiger partial charge on any atom is -0.368 e. The van der Waals surface area contributed by atoms with Crippen molar-refractivity contribution in [1.29, 1.82) is 5.26 Å². The van der Waals surface area contributed by atoms with E-state index in [0.717, 1.165) is 24.2 Å². The van der Waals surface area contributed by atoms with Gasteiger partial charge < -0.3 is 15.5 Å². The lowest BCUT2D eigenvalue weighted by Gasteiger charge is -2.38. The third-order valence-electron chi connectivity index (χ3n) is 6.03. The Kier molecular flexibility index (Phi) is 5.38. The summed E-state index contributed by atoms with van der Waals surface area (Å²) >= 11 is 0. The number of nitrogens with one attached hydrogen (secondary N) is 2. The largest absolute Gasteiger partial charge is 0.368 e. The fourth-order valence-electron chi connectivity index (χ4n) is 4.73. The highest BCUT2D eigenvalue weighted by atomic mass is 19.1. The highest BCUT2D eigenvalue weighted by Crippen LogP contribution is 2.31. The van der Waals surface area contributed by atoms with Crippen molar-refractivity contribution in [2.24, 2.45) is 7.05 Å². The summed E-state index contributed by atoms with van der Waals surface area (Å²) in [5.41, 5.74) is 2.78. The Morgan fingerprint density at radius 3 is 2.71 bits per heavy atom. The molecule has 2 aromatic carbocycles. The number of halogens is 1. The first-order valence-electron chi connectivity index (χ1n) is 11.1. The Labute approximate surface area is 196 Å². The predicted molar refractivity (Wildman–Crippen MR) is 129 cm³/mol. The number of rotatable bonds is 3.